The van der Waals surface area contributed by atoms with E-state index in [1.165, 1.54) is 19.8 Å². The average molecular weight is 411 g/mol. The highest BCUT2D eigenvalue weighted by atomic mass is 32.1. The third-order valence-electron chi connectivity index (χ3n) is 3.81. The van der Waals surface area contributed by atoms with Gasteiger partial charge in [-0.25, -0.2) is 0 Å². The first kappa shape index (κ1) is 33.5. The maximum Gasteiger partial charge on any atom is 0.146 e. The quantitative estimate of drug-likeness (QED) is 0.431. The largest absolute Gasteiger partial charge is 0.328 e. The van der Waals surface area contributed by atoms with Gasteiger partial charge in [0.15, 0.2) is 0 Å². The molecule has 26 heavy (non-hydrogen) atoms. The van der Waals surface area contributed by atoms with Crippen LogP contribution in [0.1, 0.15) is 93.9 Å². The van der Waals surface area contributed by atoms with Crippen molar-refractivity contribution in [2.45, 2.75) is 116 Å². The molecular weight excluding hydrogens is 364 g/mol. The number of carbonyl (C=O) groups excluding carboxylic acids is 2. The second-order valence-corrected chi connectivity index (χ2v) is 7.56. The highest BCUT2D eigenvalue weighted by Crippen LogP contribution is 2.02. The summed E-state index contributed by atoms with van der Waals surface area (Å²) in [5.74, 6) is 0.230. The van der Waals surface area contributed by atoms with E-state index in [-0.39, 0.29) is 22.9 Å². The standard InChI is InChI=1S/C5H11NO.C5H13N.C5H10OS.C5H12S/c1-3-5(6)4(2)7;1-3-5(6)4-2;1-3-5(7)4(2)6;1-3-5(6)4-2/h5H,3,6H2,1-2H3;5H,3-4,6H2,1-2H3;5,7H,3H2,1-2H3;5-6H,3-4H2,1-2H3. The first-order chi connectivity index (χ1) is 12.0. The first-order valence-corrected chi connectivity index (χ1v) is 10.9. The molecule has 4 nitrogen and oxygen atoms in total. The number of Topliss-reactive ketones (excluding diaryl/α,β-unsaturated/α-hetero) is 2. The van der Waals surface area contributed by atoms with Gasteiger partial charge >= 0.3 is 0 Å². The Morgan fingerprint density at radius 1 is 0.692 bits per heavy atom. The molecule has 0 aromatic heterocycles. The predicted octanol–water partition coefficient (Wildman–Crippen LogP) is 4.84. The van der Waals surface area contributed by atoms with Crippen molar-refractivity contribution in [3.63, 3.8) is 0 Å². The molecule has 0 fully saturated rings. The SMILES string of the molecule is CCC(N)C(C)=O.CCC(N)CC.CCC(S)C(C)=O.CCC(S)CC. The molecule has 0 spiro atoms. The van der Waals surface area contributed by atoms with Crippen LogP contribution in [0, 0.1) is 0 Å². The number of thiol groups is 2. The zero-order chi connectivity index (χ0) is 21.7. The molecule has 0 aliphatic rings. The van der Waals surface area contributed by atoms with Gasteiger partial charge in [-0.2, -0.15) is 25.3 Å². The lowest BCUT2D eigenvalue weighted by molar-refractivity contribution is -0.118. The fourth-order valence-corrected chi connectivity index (χ4v) is 1.15. The van der Waals surface area contributed by atoms with Crippen molar-refractivity contribution in [1.29, 1.82) is 0 Å². The van der Waals surface area contributed by atoms with Gasteiger partial charge in [-0.1, -0.05) is 41.5 Å². The Bertz CT molecular complexity index is 278. The Kier molecular flexibility index (Phi) is 32.2. The summed E-state index contributed by atoms with van der Waals surface area (Å²) in [4.78, 5) is 20.5. The molecule has 0 saturated heterocycles. The van der Waals surface area contributed by atoms with Crippen LogP contribution in [0.5, 0.6) is 0 Å². The molecule has 0 aliphatic carbocycles. The third-order valence-corrected chi connectivity index (χ3v) is 5.27. The molecule has 160 valence electrons. The van der Waals surface area contributed by atoms with Crippen LogP contribution in [0.4, 0.5) is 0 Å². The number of carbonyl (C=O) groups is 2. The lowest BCUT2D eigenvalue weighted by atomic mass is 10.2. The van der Waals surface area contributed by atoms with Gasteiger partial charge in [0, 0.05) is 11.3 Å². The van der Waals surface area contributed by atoms with Crippen molar-refractivity contribution in [2.75, 3.05) is 0 Å². The molecule has 2 atom stereocenters. The fraction of sp³-hybridized carbons (Fsp3) is 0.900. The molecule has 0 saturated carbocycles. The highest BCUT2D eigenvalue weighted by molar-refractivity contribution is 7.81. The predicted molar refractivity (Wildman–Crippen MR) is 125 cm³/mol. The van der Waals surface area contributed by atoms with Crippen LogP contribution in [0.2, 0.25) is 0 Å². The summed E-state index contributed by atoms with van der Waals surface area (Å²) in [6.45, 7) is 15.4. The monoisotopic (exact) mass is 410 g/mol. The van der Waals surface area contributed by atoms with E-state index in [9.17, 15) is 9.59 Å². The third kappa shape index (κ3) is 31.7. The van der Waals surface area contributed by atoms with E-state index in [0.717, 1.165) is 25.7 Å². The maximum absolute atomic E-state index is 10.3. The van der Waals surface area contributed by atoms with Gasteiger partial charge in [-0.05, 0) is 52.4 Å². The topological polar surface area (TPSA) is 86.2 Å². The normalized spacial score (nSPS) is 11.9. The van der Waals surface area contributed by atoms with Crippen molar-refractivity contribution in [1.82, 2.24) is 0 Å². The number of rotatable bonds is 8. The minimum absolute atomic E-state index is 0.0417. The van der Waals surface area contributed by atoms with Crippen LogP contribution in [0.3, 0.4) is 0 Å². The van der Waals surface area contributed by atoms with E-state index in [2.05, 4.69) is 53.0 Å². The summed E-state index contributed by atoms with van der Waals surface area (Å²) in [5.41, 5.74) is 10.7. The zero-order valence-corrected chi connectivity index (χ0v) is 20.2. The molecule has 0 aromatic rings. The van der Waals surface area contributed by atoms with E-state index < -0.39 is 0 Å². The molecule has 6 heteroatoms. The molecule has 0 amide bonds. The Morgan fingerprint density at radius 2 is 1.08 bits per heavy atom. The summed E-state index contributed by atoms with van der Waals surface area (Å²) in [6, 6.07) is 0.199. The molecule has 4 N–H and O–H groups in total. The molecule has 0 aromatic carbocycles. The molecule has 2 unspecified atom stereocenters. The minimum Gasteiger partial charge on any atom is -0.328 e. The van der Waals surface area contributed by atoms with E-state index in [1.807, 2.05) is 13.8 Å². The van der Waals surface area contributed by atoms with Crippen LogP contribution in [-0.4, -0.2) is 34.2 Å². The second kappa shape index (κ2) is 25.0. The average Bonchev–Trinajstić information content (AvgIpc) is 2.66. The molecule has 0 rings (SSSR count). The van der Waals surface area contributed by atoms with Crippen LogP contribution < -0.4 is 11.5 Å². The molecule has 0 bridgehead atoms. The Balaban J connectivity index is -0.000000124. The number of hydrogen-bond acceptors (Lipinski definition) is 6. The van der Waals surface area contributed by atoms with Crippen LogP contribution >= 0.6 is 25.3 Å². The smallest absolute Gasteiger partial charge is 0.146 e. The highest BCUT2D eigenvalue weighted by Gasteiger charge is 2.02. The van der Waals surface area contributed by atoms with Gasteiger partial charge in [0.1, 0.15) is 11.6 Å². The second-order valence-electron chi connectivity index (χ2n) is 6.21. The van der Waals surface area contributed by atoms with Crippen molar-refractivity contribution >= 4 is 36.8 Å². The maximum atomic E-state index is 10.3. The van der Waals surface area contributed by atoms with Gasteiger partial charge < -0.3 is 11.5 Å². The van der Waals surface area contributed by atoms with Gasteiger partial charge in [0.2, 0.25) is 0 Å². The number of nitrogens with two attached hydrogens (primary N) is 2. The molecule has 0 heterocycles. The van der Waals surface area contributed by atoms with Crippen LogP contribution in [-0.2, 0) is 9.59 Å². The van der Waals surface area contributed by atoms with Gasteiger partial charge in [0.25, 0.3) is 0 Å². The Hall–Kier alpha value is -0.0400. The lowest BCUT2D eigenvalue weighted by Crippen LogP contribution is -2.26. The summed E-state index contributed by atoms with van der Waals surface area (Å²) >= 11 is 8.21. The molecule has 0 aliphatic heterocycles. The van der Waals surface area contributed by atoms with Crippen LogP contribution in [0.15, 0.2) is 0 Å². The van der Waals surface area contributed by atoms with Gasteiger partial charge in [-0.15, -0.1) is 0 Å². The van der Waals surface area contributed by atoms with E-state index in [1.54, 1.807) is 6.92 Å². The van der Waals surface area contributed by atoms with E-state index in [0.29, 0.717) is 11.3 Å². The number of hydrogen-bond donors (Lipinski definition) is 4. The van der Waals surface area contributed by atoms with Gasteiger partial charge in [0.05, 0.1) is 11.3 Å². The number of ketones is 2. The fourth-order valence-electron chi connectivity index (χ4n) is 1.15. The van der Waals surface area contributed by atoms with Crippen molar-refractivity contribution < 1.29 is 9.59 Å². The summed E-state index contributed by atoms with van der Waals surface area (Å²) in [5, 5.41) is 0.588. The summed E-state index contributed by atoms with van der Waals surface area (Å²) < 4.78 is 0. The van der Waals surface area contributed by atoms with Gasteiger partial charge in [-0.3, -0.25) is 9.59 Å². The van der Waals surface area contributed by atoms with E-state index in [4.69, 9.17) is 11.5 Å². The molecule has 0 radical (unpaired) electrons. The van der Waals surface area contributed by atoms with Crippen LogP contribution in [0.25, 0.3) is 0 Å². The first-order valence-electron chi connectivity index (χ1n) is 9.86. The van der Waals surface area contributed by atoms with Crippen molar-refractivity contribution in [2.24, 2.45) is 11.5 Å². The lowest BCUT2D eigenvalue weighted by Gasteiger charge is -1.99. The van der Waals surface area contributed by atoms with Crippen molar-refractivity contribution in [3.8, 4) is 0 Å². The zero-order valence-electron chi connectivity index (χ0n) is 18.4. The minimum atomic E-state index is -0.236. The Morgan fingerprint density at radius 3 is 1.08 bits per heavy atom. The summed E-state index contributed by atoms with van der Waals surface area (Å²) in [6.07, 6.45) is 6.18. The van der Waals surface area contributed by atoms with Crippen molar-refractivity contribution in [3.05, 3.63) is 0 Å². The Labute approximate surface area is 174 Å². The summed E-state index contributed by atoms with van der Waals surface area (Å²) in [7, 11) is 0. The van der Waals surface area contributed by atoms with E-state index >= 15 is 0 Å². The molecular formula is C20H46N2O2S2.